The van der Waals surface area contributed by atoms with Crippen molar-refractivity contribution in [1.82, 2.24) is 15.2 Å². The number of nitrogens with one attached hydrogen (secondary N) is 1. The highest BCUT2D eigenvalue weighted by Crippen LogP contribution is 2.30. The molecule has 1 aromatic heterocycles. The minimum absolute atomic E-state index is 0.0362. The summed E-state index contributed by atoms with van der Waals surface area (Å²) in [6.07, 6.45) is -2.84. The number of ether oxygens (including phenoxy) is 1. The molecule has 0 saturated carbocycles. The van der Waals surface area contributed by atoms with E-state index in [1.54, 1.807) is 41.7 Å². The molecule has 4 rings (SSSR count). The first-order valence-electron chi connectivity index (χ1n) is 11.1. The van der Waals surface area contributed by atoms with E-state index in [-0.39, 0.29) is 11.9 Å². The normalized spacial score (nSPS) is 15.3. The van der Waals surface area contributed by atoms with Gasteiger partial charge in [-0.05, 0) is 55.7 Å². The first-order chi connectivity index (χ1) is 16.3. The fourth-order valence-corrected chi connectivity index (χ4v) is 4.54. The quantitative estimate of drug-likeness (QED) is 0.480. The maximum atomic E-state index is 12.9. The summed E-state index contributed by atoms with van der Waals surface area (Å²) < 4.78 is 44.5. The van der Waals surface area contributed by atoms with Gasteiger partial charge in [0.1, 0.15) is 12.4 Å². The van der Waals surface area contributed by atoms with E-state index in [9.17, 15) is 18.0 Å². The van der Waals surface area contributed by atoms with Crippen LogP contribution in [0, 0.1) is 6.92 Å². The number of halogens is 3. The summed E-state index contributed by atoms with van der Waals surface area (Å²) >= 11 is 1.58. The molecule has 3 aromatic rings. The standard InChI is InChI=1S/C25H26F3N3O2S/c1-17-29-22(16-34-17)15-33-23-7-5-19(6-8-23)24(32)30-21-9-11-31(12-10-21)14-18-3-2-4-20(13-18)25(26,27)28/h2-8,13,16,21H,9-12,14-15H2,1H3,(H,30,32). The Labute approximate surface area is 200 Å². The summed E-state index contributed by atoms with van der Waals surface area (Å²) in [7, 11) is 0. The maximum Gasteiger partial charge on any atom is 0.416 e. The SMILES string of the molecule is Cc1nc(COc2ccc(C(=O)NC3CCN(Cc4cccc(C(F)(F)F)c4)CC3)cc2)cs1. The lowest BCUT2D eigenvalue weighted by molar-refractivity contribution is -0.137. The minimum atomic E-state index is -4.34. The molecule has 1 N–H and O–H groups in total. The number of rotatable bonds is 7. The number of hydrogen-bond acceptors (Lipinski definition) is 5. The third kappa shape index (κ3) is 6.57. The molecule has 0 bridgehead atoms. The number of amides is 1. The highest BCUT2D eigenvalue weighted by Gasteiger charge is 2.30. The van der Waals surface area contributed by atoms with Crippen LogP contribution in [0.25, 0.3) is 0 Å². The molecule has 0 atom stereocenters. The fourth-order valence-electron chi connectivity index (χ4n) is 3.94. The van der Waals surface area contributed by atoms with Crippen LogP contribution >= 0.6 is 11.3 Å². The van der Waals surface area contributed by atoms with Crippen molar-refractivity contribution in [2.24, 2.45) is 0 Å². The zero-order valence-corrected chi connectivity index (χ0v) is 19.6. The Hall–Kier alpha value is -2.91. The van der Waals surface area contributed by atoms with Gasteiger partial charge in [0, 0.05) is 36.6 Å². The van der Waals surface area contributed by atoms with Crippen molar-refractivity contribution in [3.8, 4) is 5.75 Å². The molecule has 1 saturated heterocycles. The molecule has 9 heteroatoms. The predicted molar refractivity (Wildman–Crippen MR) is 125 cm³/mol. The van der Waals surface area contributed by atoms with Crippen LogP contribution in [0.3, 0.4) is 0 Å². The lowest BCUT2D eigenvalue weighted by atomic mass is 10.0. The lowest BCUT2D eigenvalue weighted by Gasteiger charge is -2.32. The van der Waals surface area contributed by atoms with Gasteiger partial charge < -0.3 is 10.1 Å². The summed E-state index contributed by atoms with van der Waals surface area (Å²) in [6.45, 7) is 4.22. The Morgan fingerprint density at radius 2 is 1.91 bits per heavy atom. The number of benzene rings is 2. The van der Waals surface area contributed by atoms with Crippen LogP contribution in [0.15, 0.2) is 53.9 Å². The van der Waals surface area contributed by atoms with Crippen molar-refractivity contribution in [2.45, 2.75) is 45.1 Å². The van der Waals surface area contributed by atoms with Gasteiger partial charge in [0.05, 0.1) is 16.3 Å². The van der Waals surface area contributed by atoms with Crippen LogP contribution in [-0.4, -0.2) is 34.9 Å². The van der Waals surface area contributed by atoms with Gasteiger partial charge in [0.2, 0.25) is 0 Å². The smallest absolute Gasteiger partial charge is 0.416 e. The van der Waals surface area contributed by atoms with Crippen LogP contribution in [0.2, 0.25) is 0 Å². The van der Waals surface area contributed by atoms with Gasteiger partial charge in [0.25, 0.3) is 5.91 Å². The van der Waals surface area contributed by atoms with Crippen LogP contribution < -0.4 is 10.1 Å². The van der Waals surface area contributed by atoms with Gasteiger partial charge in [-0.15, -0.1) is 11.3 Å². The Morgan fingerprint density at radius 1 is 1.18 bits per heavy atom. The summed E-state index contributed by atoms with van der Waals surface area (Å²) in [4.78, 5) is 19.1. The van der Waals surface area contributed by atoms with E-state index in [2.05, 4.69) is 15.2 Å². The number of carbonyl (C=O) groups is 1. The van der Waals surface area contributed by atoms with E-state index in [1.165, 1.54) is 12.1 Å². The number of aromatic nitrogens is 1. The number of aryl methyl sites for hydroxylation is 1. The van der Waals surface area contributed by atoms with Gasteiger partial charge >= 0.3 is 6.18 Å². The zero-order chi connectivity index (χ0) is 24.1. The van der Waals surface area contributed by atoms with Crippen molar-refractivity contribution in [3.05, 3.63) is 81.3 Å². The molecular formula is C25H26F3N3O2S. The average Bonchev–Trinajstić information content (AvgIpc) is 3.24. The fraction of sp³-hybridized carbons (Fsp3) is 0.360. The van der Waals surface area contributed by atoms with E-state index in [0.717, 1.165) is 29.6 Å². The van der Waals surface area contributed by atoms with E-state index in [1.807, 2.05) is 12.3 Å². The molecule has 2 aromatic carbocycles. The summed E-state index contributed by atoms with van der Waals surface area (Å²) in [6, 6.07) is 12.5. The number of hydrogen-bond donors (Lipinski definition) is 1. The Bertz CT molecular complexity index is 1110. The zero-order valence-electron chi connectivity index (χ0n) is 18.8. The molecule has 5 nitrogen and oxygen atoms in total. The molecule has 0 aliphatic carbocycles. The molecule has 1 fully saturated rings. The van der Waals surface area contributed by atoms with Crippen molar-refractivity contribution in [3.63, 3.8) is 0 Å². The number of piperidine rings is 1. The number of nitrogens with zero attached hydrogens (tertiary/aromatic N) is 2. The van der Waals surface area contributed by atoms with Gasteiger partial charge in [0.15, 0.2) is 0 Å². The Kier molecular flexibility index (Phi) is 7.53. The number of thiazole rings is 1. The molecule has 180 valence electrons. The van der Waals surface area contributed by atoms with Gasteiger partial charge in [-0.3, -0.25) is 9.69 Å². The first-order valence-corrected chi connectivity index (χ1v) is 12.0. The highest BCUT2D eigenvalue weighted by atomic mass is 32.1. The molecular weight excluding hydrogens is 463 g/mol. The predicted octanol–water partition coefficient (Wildman–Crippen LogP) is 5.44. The largest absolute Gasteiger partial charge is 0.487 e. The number of alkyl halides is 3. The highest BCUT2D eigenvalue weighted by molar-refractivity contribution is 7.09. The van der Waals surface area contributed by atoms with E-state index in [4.69, 9.17) is 4.74 Å². The van der Waals surface area contributed by atoms with Gasteiger partial charge in [-0.2, -0.15) is 13.2 Å². The Balaban J connectivity index is 1.23. The molecule has 2 heterocycles. The van der Waals surface area contributed by atoms with Crippen molar-refractivity contribution < 1.29 is 22.7 Å². The van der Waals surface area contributed by atoms with Crippen LogP contribution in [-0.2, 0) is 19.3 Å². The Morgan fingerprint density at radius 3 is 2.56 bits per heavy atom. The molecule has 0 spiro atoms. The number of likely N-dealkylation sites (tertiary alicyclic amines) is 1. The van der Waals surface area contributed by atoms with E-state index in [0.29, 0.717) is 43.1 Å². The topological polar surface area (TPSA) is 54.5 Å². The summed E-state index contributed by atoms with van der Waals surface area (Å²) in [5, 5.41) is 6.02. The maximum absolute atomic E-state index is 12.9. The van der Waals surface area contributed by atoms with E-state index < -0.39 is 11.7 Å². The van der Waals surface area contributed by atoms with Crippen molar-refractivity contribution >= 4 is 17.2 Å². The molecule has 1 aliphatic heterocycles. The second kappa shape index (κ2) is 10.6. The monoisotopic (exact) mass is 489 g/mol. The second-order valence-corrected chi connectivity index (χ2v) is 9.46. The summed E-state index contributed by atoms with van der Waals surface area (Å²) in [5.74, 6) is 0.531. The third-order valence-corrected chi connectivity index (χ3v) is 6.58. The molecule has 0 unspecified atom stereocenters. The molecule has 0 radical (unpaired) electrons. The van der Waals surface area contributed by atoms with Crippen LogP contribution in [0.4, 0.5) is 13.2 Å². The van der Waals surface area contributed by atoms with Crippen molar-refractivity contribution in [1.29, 1.82) is 0 Å². The van der Waals surface area contributed by atoms with Gasteiger partial charge in [-0.1, -0.05) is 18.2 Å². The lowest BCUT2D eigenvalue weighted by Crippen LogP contribution is -2.44. The van der Waals surface area contributed by atoms with Crippen LogP contribution in [0.1, 0.15) is 45.0 Å². The average molecular weight is 490 g/mol. The van der Waals surface area contributed by atoms with Crippen LogP contribution in [0.5, 0.6) is 5.75 Å². The van der Waals surface area contributed by atoms with Gasteiger partial charge in [-0.25, -0.2) is 4.98 Å². The van der Waals surface area contributed by atoms with E-state index >= 15 is 0 Å². The number of carbonyl (C=O) groups excluding carboxylic acids is 1. The second-order valence-electron chi connectivity index (χ2n) is 8.39. The first kappa shape index (κ1) is 24.2. The minimum Gasteiger partial charge on any atom is -0.487 e. The summed E-state index contributed by atoms with van der Waals surface area (Å²) in [5.41, 5.74) is 1.46. The van der Waals surface area contributed by atoms with Crippen molar-refractivity contribution in [2.75, 3.05) is 13.1 Å². The third-order valence-electron chi connectivity index (χ3n) is 5.75. The molecule has 34 heavy (non-hydrogen) atoms. The molecule has 1 aliphatic rings. The molecule has 1 amide bonds.